The van der Waals surface area contributed by atoms with Crippen molar-refractivity contribution in [1.82, 2.24) is 10.3 Å². The highest BCUT2D eigenvalue weighted by Crippen LogP contribution is 2.27. The van der Waals surface area contributed by atoms with Crippen molar-refractivity contribution < 1.29 is 14.3 Å². The van der Waals surface area contributed by atoms with Gasteiger partial charge in [-0.05, 0) is 26.0 Å². The maximum absolute atomic E-state index is 11.9. The van der Waals surface area contributed by atoms with Crippen LogP contribution in [0.4, 0.5) is 0 Å². The van der Waals surface area contributed by atoms with Gasteiger partial charge in [0.25, 0.3) is 5.91 Å². The Morgan fingerprint density at radius 2 is 2.44 bits per heavy atom. The van der Waals surface area contributed by atoms with Crippen LogP contribution in [0.15, 0.2) is 22.8 Å². The number of aryl methyl sites for hydroxylation is 1. The molecule has 0 bridgehead atoms. The van der Waals surface area contributed by atoms with Gasteiger partial charge in [0.1, 0.15) is 5.69 Å². The van der Waals surface area contributed by atoms with E-state index >= 15 is 0 Å². The van der Waals surface area contributed by atoms with E-state index in [0.29, 0.717) is 16.5 Å². The molecule has 96 valence electrons. The zero-order chi connectivity index (χ0) is 13.1. The van der Waals surface area contributed by atoms with Gasteiger partial charge in [0.15, 0.2) is 10.8 Å². The first-order valence-corrected chi connectivity index (χ1v) is 6.36. The molecule has 0 spiro atoms. The molecular formula is C12H14N2O3S. The summed E-state index contributed by atoms with van der Waals surface area (Å²) in [5, 5.41) is 12.3. The molecule has 0 saturated carbocycles. The quantitative estimate of drug-likeness (QED) is 0.885. The lowest BCUT2D eigenvalue weighted by molar-refractivity contribution is 0.0917. The van der Waals surface area contributed by atoms with Crippen molar-refractivity contribution in [1.29, 1.82) is 0 Å². The van der Waals surface area contributed by atoms with Crippen molar-refractivity contribution in [2.45, 2.75) is 19.9 Å². The number of furan rings is 1. The highest BCUT2D eigenvalue weighted by molar-refractivity contribution is 7.15. The third-order valence-electron chi connectivity index (χ3n) is 2.39. The van der Waals surface area contributed by atoms with Crippen molar-refractivity contribution in [2.24, 2.45) is 0 Å². The smallest absolute Gasteiger partial charge is 0.271 e. The molecule has 0 radical (unpaired) electrons. The highest BCUT2D eigenvalue weighted by Gasteiger charge is 2.18. The summed E-state index contributed by atoms with van der Waals surface area (Å²) in [6.45, 7) is 3.47. The third-order valence-corrected chi connectivity index (χ3v) is 3.38. The van der Waals surface area contributed by atoms with Crippen molar-refractivity contribution in [3.8, 4) is 10.8 Å². The third kappa shape index (κ3) is 2.60. The van der Waals surface area contributed by atoms with Gasteiger partial charge in [-0.25, -0.2) is 4.98 Å². The molecule has 2 heterocycles. The second kappa shape index (κ2) is 5.32. The van der Waals surface area contributed by atoms with Gasteiger partial charge in [-0.3, -0.25) is 4.79 Å². The largest absolute Gasteiger partial charge is 0.462 e. The van der Waals surface area contributed by atoms with E-state index in [1.807, 2.05) is 6.92 Å². The van der Waals surface area contributed by atoms with Crippen LogP contribution < -0.4 is 5.32 Å². The molecule has 6 heteroatoms. The number of rotatable bonds is 4. The normalized spacial score (nSPS) is 12.4. The Hall–Kier alpha value is -1.66. The Kier molecular flexibility index (Phi) is 3.78. The second-order valence-corrected chi connectivity index (χ2v) is 5.16. The summed E-state index contributed by atoms with van der Waals surface area (Å²) in [7, 11) is 0. The SMILES string of the molecule is Cc1sc(-c2ccco2)nc1C(=O)NC(C)CO. The van der Waals surface area contributed by atoms with Crippen LogP contribution in [0, 0.1) is 6.92 Å². The van der Waals surface area contributed by atoms with E-state index in [1.165, 1.54) is 11.3 Å². The van der Waals surface area contributed by atoms with Gasteiger partial charge in [0.2, 0.25) is 0 Å². The van der Waals surface area contributed by atoms with Gasteiger partial charge < -0.3 is 14.8 Å². The van der Waals surface area contributed by atoms with Gasteiger partial charge in [-0.2, -0.15) is 0 Å². The van der Waals surface area contributed by atoms with Crippen LogP contribution in [0.2, 0.25) is 0 Å². The molecular weight excluding hydrogens is 252 g/mol. The van der Waals surface area contributed by atoms with E-state index in [2.05, 4.69) is 10.3 Å². The molecule has 1 unspecified atom stereocenters. The molecule has 0 saturated heterocycles. The maximum atomic E-state index is 11.9. The summed E-state index contributed by atoms with van der Waals surface area (Å²) in [5.74, 6) is 0.375. The molecule has 1 amide bonds. The molecule has 2 N–H and O–H groups in total. The molecule has 1 atom stereocenters. The van der Waals surface area contributed by atoms with Crippen LogP contribution in [0.3, 0.4) is 0 Å². The number of aliphatic hydroxyl groups excluding tert-OH is 1. The Balaban J connectivity index is 2.22. The van der Waals surface area contributed by atoms with Crippen LogP contribution in [0.1, 0.15) is 22.3 Å². The Bertz CT molecular complexity index is 534. The lowest BCUT2D eigenvalue weighted by Gasteiger charge is -2.09. The number of thiazole rings is 1. The monoisotopic (exact) mass is 266 g/mol. The number of carbonyl (C=O) groups excluding carboxylic acids is 1. The van der Waals surface area contributed by atoms with E-state index in [9.17, 15) is 4.79 Å². The lowest BCUT2D eigenvalue weighted by atomic mass is 10.3. The average molecular weight is 266 g/mol. The summed E-state index contributed by atoms with van der Waals surface area (Å²) in [6, 6.07) is 3.29. The Morgan fingerprint density at radius 1 is 1.67 bits per heavy atom. The minimum atomic E-state index is -0.286. The van der Waals surface area contributed by atoms with Crippen molar-refractivity contribution >= 4 is 17.2 Å². The van der Waals surface area contributed by atoms with Crippen LogP contribution in [0.5, 0.6) is 0 Å². The molecule has 5 nitrogen and oxygen atoms in total. The molecule has 0 aliphatic rings. The Labute approximate surface area is 108 Å². The van der Waals surface area contributed by atoms with Crippen molar-refractivity contribution in [3.05, 3.63) is 29.0 Å². The molecule has 18 heavy (non-hydrogen) atoms. The summed E-state index contributed by atoms with van der Waals surface area (Å²) in [6.07, 6.45) is 1.57. The topological polar surface area (TPSA) is 75.4 Å². The van der Waals surface area contributed by atoms with Gasteiger partial charge in [-0.15, -0.1) is 11.3 Å². The number of aliphatic hydroxyl groups is 1. The molecule has 2 rings (SSSR count). The molecule has 2 aromatic rings. The number of carbonyl (C=O) groups is 1. The van der Waals surface area contributed by atoms with Crippen LogP contribution >= 0.6 is 11.3 Å². The fraction of sp³-hybridized carbons (Fsp3) is 0.333. The van der Waals surface area contributed by atoms with E-state index in [4.69, 9.17) is 9.52 Å². The van der Waals surface area contributed by atoms with Crippen LogP contribution in [-0.4, -0.2) is 28.6 Å². The van der Waals surface area contributed by atoms with E-state index < -0.39 is 0 Å². The Morgan fingerprint density at radius 3 is 3.06 bits per heavy atom. The molecule has 0 aromatic carbocycles. The molecule has 0 aliphatic carbocycles. The predicted octanol–water partition coefficient (Wildman–Crippen LogP) is 1.82. The second-order valence-electron chi connectivity index (χ2n) is 3.96. The van der Waals surface area contributed by atoms with Gasteiger partial charge in [-0.1, -0.05) is 0 Å². The fourth-order valence-corrected chi connectivity index (χ4v) is 2.33. The first-order chi connectivity index (χ1) is 8.61. The van der Waals surface area contributed by atoms with Crippen LogP contribution in [0.25, 0.3) is 10.8 Å². The molecule has 0 fully saturated rings. The maximum Gasteiger partial charge on any atom is 0.271 e. The zero-order valence-electron chi connectivity index (χ0n) is 10.1. The summed E-state index contributed by atoms with van der Waals surface area (Å²) >= 11 is 1.41. The summed E-state index contributed by atoms with van der Waals surface area (Å²) < 4.78 is 5.25. The molecule has 0 aliphatic heterocycles. The first-order valence-electron chi connectivity index (χ1n) is 5.55. The zero-order valence-corrected chi connectivity index (χ0v) is 11.0. The highest BCUT2D eigenvalue weighted by atomic mass is 32.1. The van der Waals surface area contributed by atoms with Crippen LogP contribution in [-0.2, 0) is 0 Å². The minimum absolute atomic E-state index is 0.0973. The van der Waals surface area contributed by atoms with E-state index in [-0.39, 0.29) is 18.6 Å². The van der Waals surface area contributed by atoms with E-state index in [0.717, 1.165) is 4.88 Å². The van der Waals surface area contributed by atoms with Gasteiger partial charge in [0.05, 0.1) is 12.9 Å². The van der Waals surface area contributed by atoms with E-state index in [1.54, 1.807) is 25.3 Å². The number of nitrogens with zero attached hydrogens (tertiary/aromatic N) is 1. The number of hydrogen-bond acceptors (Lipinski definition) is 5. The van der Waals surface area contributed by atoms with Gasteiger partial charge in [0, 0.05) is 10.9 Å². The molecule has 2 aromatic heterocycles. The first kappa shape index (κ1) is 12.8. The summed E-state index contributed by atoms with van der Waals surface area (Å²) in [4.78, 5) is 17.0. The number of hydrogen-bond donors (Lipinski definition) is 2. The number of aromatic nitrogens is 1. The van der Waals surface area contributed by atoms with Crippen molar-refractivity contribution in [3.63, 3.8) is 0 Å². The standard InChI is InChI=1S/C12H14N2O3S/c1-7(6-15)13-11(16)10-8(2)18-12(14-10)9-4-3-5-17-9/h3-5,7,15H,6H2,1-2H3,(H,13,16). The van der Waals surface area contributed by atoms with Gasteiger partial charge >= 0.3 is 0 Å². The average Bonchev–Trinajstić information content (AvgIpc) is 2.97. The lowest BCUT2D eigenvalue weighted by Crippen LogP contribution is -2.35. The van der Waals surface area contributed by atoms with Crippen molar-refractivity contribution in [2.75, 3.05) is 6.61 Å². The minimum Gasteiger partial charge on any atom is -0.462 e. The number of nitrogens with one attached hydrogen (secondary N) is 1. The summed E-state index contributed by atoms with van der Waals surface area (Å²) in [5.41, 5.74) is 0.381. The number of amides is 1. The predicted molar refractivity (Wildman–Crippen MR) is 68.6 cm³/mol. The fourth-order valence-electron chi connectivity index (χ4n) is 1.45.